The van der Waals surface area contributed by atoms with Crippen molar-refractivity contribution >= 4 is 35.2 Å². The third-order valence-electron chi connectivity index (χ3n) is 6.37. The highest BCUT2D eigenvalue weighted by molar-refractivity contribution is 6.21. The first-order valence-electron chi connectivity index (χ1n) is 12.9. The molecule has 0 aromatic heterocycles. The van der Waals surface area contributed by atoms with Gasteiger partial charge in [-0.05, 0) is 48.4 Å². The van der Waals surface area contributed by atoms with Crippen molar-refractivity contribution in [1.82, 2.24) is 4.90 Å². The molecule has 0 spiro atoms. The minimum absolute atomic E-state index is 0.0143. The lowest BCUT2D eigenvalue weighted by atomic mass is 10.0. The molecule has 1 aliphatic heterocycles. The molecule has 0 unspecified atom stereocenters. The van der Waals surface area contributed by atoms with Gasteiger partial charge in [0, 0.05) is 29.6 Å². The molecule has 1 aliphatic rings. The van der Waals surface area contributed by atoms with Gasteiger partial charge in [-0.3, -0.25) is 14.5 Å². The third kappa shape index (κ3) is 7.59. The number of amides is 2. The minimum atomic E-state index is -0.581. The zero-order chi connectivity index (χ0) is 26.8. The van der Waals surface area contributed by atoms with Crippen LogP contribution in [-0.4, -0.2) is 36.3 Å². The number of rotatable bonds is 14. The molecule has 8 heteroatoms. The van der Waals surface area contributed by atoms with Gasteiger partial charge in [0.2, 0.25) is 0 Å². The summed E-state index contributed by atoms with van der Waals surface area (Å²) < 4.78 is 10.7. The largest absolute Gasteiger partial charge is 0.496 e. The monoisotopic (exact) mass is 507 g/mol. The number of methoxy groups -OCH3 is 1. The van der Waals surface area contributed by atoms with Crippen molar-refractivity contribution in [2.24, 2.45) is 0 Å². The van der Waals surface area contributed by atoms with E-state index in [0.29, 0.717) is 45.9 Å². The number of nitrogens with zero attached hydrogens (tertiary/aromatic N) is 1. The van der Waals surface area contributed by atoms with Crippen molar-refractivity contribution in [3.05, 3.63) is 58.7 Å². The van der Waals surface area contributed by atoms with E-state index in [1.54, 1.807) is 30.3 Å². The zero-order valence-electron chi connectivity index (χ0n) is 21.8. The number of hydrogen-bond acceptors (Lipinski definition) is 7. The average Bonchev–Trinajstić information content (AvgIpc) is 3.10. The molecule has 0 aliphatic carbocycles. The number of unbranched alkanes of at least 4 members (excludes halogenated alkanes) is 7. The summed E-state index contributed by atoms with van der Waals surface area (Å²) >= 11 is 0. The van der Waals surface area contributed by atoms with Crippen LogP contribution in [0.15, 0.2) is 36.4 Å². The van der Waals surface area contributed by atoms with Crippen molar-refractivity contribution < 1.29 is 23.9 Å². The van der Waals surface area contributed by atoms with Gasteiger partial charge in [-0.2, -0.15) is 0 Å². The molecule has 2 amide bonds. The molecule has 1 heterocycles. The Balaban J connectivity index is 1.59. The van der Waals surface area contributed by atoms with Crippen molar-refractivity contribution in [3.63, 3.8) is 0 Å². The van der Waals surface area contributed by atoms with Crippen LogP contribution in [0.25, 0.3) is 6.08 Å². The molecular formula is C29H37N3O5. The van der Waals surface area contributed by atoms with Crippen LogP contribution in [0.4, 0.5) is 11.4 Å². The van der Waals surface area contributed by atoms with E-state index >= 15 is 0 Å². The number of carbonyl (C=O) groups excluding carboxylic acids is 3. The van der Waals surface area contributed by atoms with Gasteiger partial charge in [0.25, 0.3) is 11.8 Å². The van der Waals surface area contributed by atoms with Crippen molar-refractivity contribution in [2.75, 3.05) is 25.1 Å². The van der Waals surface area contributed by atoms with Crippen molar-refractivity contribution in [3.8, 4) is 5.75 Å². The fraction of sp³-hybridized carbons (Fsp3) is 0.414. The van der Waals surface area contributed by atoms with Crippen LogP contribution in [0.3, 0.4) is 0 Å². The van der Waals surface area contributed by atoms with E-state index in [0.717, 1.165) is 19.3 Å². The van der Waals surface area contributed by atoms with Crippen LogP contribution >= 0.6 is 0 Å². The zero-order valence-corrected chi connectivity index (χ0v) is 21.8. The Morgan fingerprint density at radius 2 is 1.46 bits per heavy atom. The number of nitrogen functional groups attached to an aromatic ring is 2. The van der Waals surface area contributed by atoms with Gasteiger partial charge in [0.1, 0.15) is 12.4 Å². The molecule has 0 saturated carbocycles. The number of benzene rings is 2. The Bertz CT molecular complexity index is 1140. The van der Waals surface area contributed by atoms with Crippen LogP contribution in [-0.2, 0) is 16.1 Å². The summed E-state index contributed by atoms with van der Waals surface area (Å²) in [6.07, 6.45) is 11.8. The highest BCUT2D eigenvalue weighted by atomic mass is 16.5. The lowest BCUT2D eigenvalue weighted by molar-refractivity contribution is -0.138. The Morgan fingerprint density at radius 3 is 2.08 bits per heavy atom. The van der Waals surface area contributed by atoms with Crippen LogP contribution in [0.5, 0.6) is 5.75 Å². The first-order chi connectivity index (χ1) is 17.8. The fourth-order valence-corrected chi connectivity index (χ4v) is 4.44. The lowest BCUT2D eigenvalue weighted by Crippen LogP contribution is -2.30. The molecule has 4 N–H and O–H groups in total. The van der Waals surface area contributed by atoms with Gasteiger partial charge >= 0.3 is 5.97 Å². The maximum Gasteiger partial charge on any atom is 0.331 e. The summed E-state index contributed by atoms with van der Waals surface area (Å²) in [5.41, 5.74) is 14.3. The predicted octanol–water partition coefficient (Wildman–Crippen LogP) is 5.35. The topological polar surface area (TPSA) is 125 Å². The number of fused-ring (bicyclic) bond motifs is 1. The van der Waals surface area contributed by atoms with E-state index in [1.165, 1.54) is 56.3 Å². The van der Waals surface area contributed by atoms with E-state index in [-0.39, 0.29) is 18.4 Å². The molecule has 198 valence electrons. The van der Waals surface area contributed by atoms with Crippen LogP contribution in [0.1, 0.15) is 90.1 Å². The average molecular weight is 508 g/mol. The second kappa shape index (κ2) is 13.5. The summed E-state index contributed by atoms with van der Waals surface area (Å²) in [4.78, 5) is 39.4. The van der Waals surface area contributed by atoms with E-state index < -0.39 is 5.97 Å². The quantitative estimate of drug-likeness (QED) is 0.116. The van der Waals surface area contributed by atoms with Gasteiger partial charge < -0.3 is 20.9 Å². The second-order valence-electron chi connectivity index (χ2n) is 9.33. The molecule has 3 rings (SSSR count). The van der Waals surface area contributed by atoms with Crippen LogP contribution in [0.2, 0.25) is 0 Å². The summed E-state index contributed by atoms with van der Waals surface area (Å²) in [7, 11) is 1.47. The molecule has 37 heavy (non-hydrogen) atoms. The lowest BCUT2D eigenvalue weighted by Gasteiger charge is -2.13. The van der Waals surface area contributed by atoms with Crippen molar-refractivity contribution in [2.45, 2.75) is 64.9 Å². The molecular weight excluding hydrogens is 470 g/mol. The predicted molar refractivity (Wildman–Crippen MR) is 145 cm³/mol. The van der Waals surface area contributed by atoms with E-state index in [1.807, 2.05) is 0 Å². The first-order valence-corrected chi connectivity index (χ1v) is 12.9. The van der Waals surface area contributed by atoms with Gasteiger partial charge in [-0.25, -0.2) is 4.79 Å². The van der Waals surface area contributed by atoms with E-state index in [9.17, 15) is 14.4 Å². The highest BCUT2D eigenvalue weighted by Gasteiger charge is 2.36. The SMILES string of the molecule is CCCCCCCCCCN1C(=O)c2cc(/C=C/C(=O)OCc3cc(N)cc(N)c3)c(OC)cc2C1=O. The second-order valence-corrected chi connectivity index (χ2v) is 9.33. The van der Waals surface area contributed by atoms with Gasteiger partial charge in [-0.15, -0.1) is 0 Å². The molecule has 8 nitrogen and oxygen atoms in total. The standard InChI is InChI=1S/C29H37N3O5/c1-3-4-5-6-7-8-9-10-13-32-28(34)24-16-21(26(36-2)18-25(24)29(32)35)11-12-27(33)37-19-20-14-22(30)17-23(31)15-20/h11-12,14-18H,3-10,13,19,30-31H2,1-2H3/b12-11+. The first kappa shape index (κ1) is 27.8. The van der Waals surface area contributed by atoms with Gasteiger partial charge in [0.15, 0.2) is 0 Å². The molecule has 0 atom stereocenters. The summed E-state index contributed by atoms with van der Waals surface area (Å²) in [6, 6.07) is 8.13. The van der Waals surface area contributed by atoms with E-state index in [2.05, 4.69) is 6.92 Å². The summed E-state index contributed by atoms with van der Waals surface area (Å²) in [5.74, 6) is -0.816. The number of ether oxygens (including phenoxy) is 2. The summed E-state index contributed by atoms with van der Waals surface area (Å²) in [6.45, 7) is 2.61. The smallest absolute Gasteiger partial charge is 0.331 e. The highest BCUT2D eigenvalue weighted by Crippen LogP contribution is 2.31. The Labute approximate surface area is 218 Å². The molecule has 0 saturated heterocycles. The van der Waals surface area contributed by atoms with Crippen LogP contribution < -0.4 is 16.2 Å². The van der Waals surface area contributed by atoms with Gasteiger partial charge in [-0.1, -0.05) is 51.9 Å². The number of hydrogen-bond donors (Lipinski definition) is 2. The van der Waals surface area contributed by atoms with Crippen LogP contribution in [0, 0.1) is 0 Å². The molecule has 2 aromatic carbocycles. The Hall–Kier alpha value is -3.81. The normalized spacial score (nSPS) is 12.9. The van der Waals surface area contributed by atoms with E-state index in [4.69, 9.17) is 20.9 Å². The molecule has 0 radical (unpaired) electrons. The maximum absolute atomic E-state index is 13.0. The number of nitrogens with two attached hydrogens (primary N) is 2. The number of anilines is 2. The summed E-state index contributed by atoms with van der Waals surface area (Å²) in [5, 5.41) is 0. The Kier molecular flexibility index (Phi) is 10.1. The molecule has 2 aromatic rings. The number of esters is 1. The van der Waals surface area contributed by atoms with Crippen molar-refractivity contribution in [1.29, 1.82) is 0 Å². The fourth-order valence-electron chi connectivity index (χ4n) is 4.44. The molecule has 0 fully saturated rings. The number of carbonyl (C=O) groups is 3. The maximum atomic E-state index is 13.0. The molecule has 0 bridgehead atoms. The van der Waals surface area contributed by atoms with Gasteiger partial charge in [0.05, 0.1) is 18.2 Å². The Morgan fingerprint density at radius 1 is 0.865 bits per heavy atom. The minimum Gasteiger partial charge on any atom is -0.496 e. The third-order valence-corrected chi connectivity index (χ3v) is 6.37. The number of imide groups is 1.